The van der Waals surface area contributed by atoms with Gasteiger partial charge in [0.2, 0.25) is 0 Å². The van der Waals surface area contributed by atoms with E-state index in [2.05, 4.69) is 263 Å². The Morgan fingerprint density at radius 3 is 0.938 bits per heavy atom. The average Bonchev–Trinajstić information content (AvgIpc) is 1.42. The Morgan fingerprint density at radius 1 is 0.297 bits per heavy atom. The Labute approximate surface area is 920 Å². The van der Waals surface area contributed by atoms with E-state index in [1.165, 1.54) is 382 Å². The first-order valence-corrected chi connectivity index (χ1v) is 57.1. The molecule has 10 heterocycles. The van der Waals surface area contributed by atoms with Crippen LogP contribution < -0.4 is 105 Å². The molecule has 1 amide bonds. The molecule has 0 bridgehead atoms. The van der Waals surface area contributed by atoms with Crippen LogP contribution in [0.25, 0.3) is 0 Å². The number of nitrogens with zero attached hydrogens (tertiary/aromatic N) is 9. The Kier molecular flexibility index (Phi) is 49.7. The first-order valence-electron chi connectivity index (χ1n) is 53.1. The van der Waals surface area contributed by atoms with Gasteiger partial charge in [0.05, 0.1) is 157 Å². The number of likely N-dealkylation sites (tertiary alicyclic amines) is 4. The zero-order valence-corrected chi connectivity index (χ0v) is 96.5. The zero-order valence-electron chi connectivity index (χ0n) is 86.2. The number of halogens is 17. The van der Waals surface area contributed by atoms with Crippen molar-refractivity contribution in [1.82, 2.24) is 18.3 Å². The molecule has 0 radical (unpaired) electrons. The van der Waals surface area contributed by atoms with Gasteiger partial charge in [-0.15, -0.1) is 0 Å². The third kappa shape index (κ3) is 43.9. The number of hydrogen-bond donors (Lipinski definition) is 0. The molecule has 2 spiro atoms. The minimum Gasteiger partial charge on any atom is -1.00 e. The summed E-state index contributed by atoms with van der Waals surface area (Å²) in [5.41, 5.74) is 15.6. The van der Waals surface area contributed by atoms with Gasteiger partial charge in [0.25, 0.3) is 5.91 Å². The van der Waals surface area contributed by atoms with Crippen LogP contribution in [-0.2, 0) is 39.1 Å². The molecule has 0 saturated carbocycles. The molecule has 808 valence electrons. The molecule has 10 aliphatic heterocycles. The molecule has 145 heavy (non-hydrogen) atoms. The molecule has 8 fully saturated rings. The number of hydrogen-bond acceptors (Lipinski definition) is 1. The van der Waals surface area contributed by atoms with Crippen LogP contribution in [-0.4, -0.2) is 203 Å². The molecule has 0 atom stereocenters. The standard InChI is InChI=1S/C28H42N2.C26H38N2.C25H27N2O.2C14H20N.C9H18N.4BrH.2F6P.HI/c1-5-15-27(16-6-1)25-29(19-9-3-10-20-29)23-13-14-24-30(21-11-4-12-22-30)26-28-17-7-2-8-18-28;1-5-15-25(16-6-1)27(19-9-3-10-20-27)23-13-14-24-28(21-11-4-12-22-28)26-17-7-2-8-18-26;1-21-12-14-22(15-13-21)20-27(24-10-6-3-7-11-24)18-16-26(17-19-27)25(28)23-8-4-2-5-9-23;1-4-9-15(10-5-1)11-8-13-6-2-3-7-14(13)12-15;1-13(2)15(10-6-7-11-15)12-14-8-4-3-5-9-14;1-2-6-10(7-3-1)8-4-5-9-10;;;;;2*1-7(2,3,4,5)6;/h1-2,5-8,15-18H,3-4,9-14,19-26H2;1-2,5-8,15-18H,3-4,9-14,19-24H2;2-15H,16-20H2,1H3;2-3,6-7H,1,4-5,8-12H2;3-9,13H,10-12H2,1-2H3;1-9H2;4*1H;;;1H/q2*+2;4*+1;;;;;2*-1;/p-5. The summed E-state index contributed by atoms with van der Waals surface area (Å²) in [6.07, 6.45) is 40.2. The summed E-state index contributed by atoms with van der Waals surface area (Å²) >= 11 is 0. The number of unbranched alkanes of at least 4 members (excludes halogenated alkanes) is 2. The number of amides is 1. The van der Waals surface area contributed by atoms with Crippen molar-refractivity contribution >= 4 is 38.6 Å². The van der Waals surface area contributed by atoms with Crippen molar-refractivity contribution in [3.05, 3.63) is 318 Å². The zero-order chi connectivity index (χ0) is 99.6. The maximum Gasteiger partial charge on any atom is 0.132 e. The first kappa shape index (κ1) is 126. The van der Waals surface area contributed by atoms with Crippen LogP contribution in [0.5, 0.6) is 0 Å². The van der Waals surface area contributed by atoms with E-state index < -0.39 is 15.6 Å². The third-order valence-corrected chi connectivity index (χ3v) is 32.0. The first-order chi connectivity index (χ1) is 66.7. The number of piperazine rings is 1. The number of carbonyl (C=O) groups excluding carboxylic acids is 1. The summed E-state index contributed by atoms with van der Waals surface area (Å²) < 4.78 is 128. The molecule has 0 N–H and O–H groups in total. The van der Waals surface area contributed by atoms with Crippen LogP contribution in [0.2, 0.25) is 0 Å². The maximum absolute atomic E-state index is 12.9. The van der Waals surface area contributed by atoms with Crippen LogP contribution in [0.3, 0.4) is 0 Å². The van der Waals surface area contributed by atoms with Crippen molar-refractivity contribution in [2.45, 2.75) is 220 Å². The Hall–Kier alpha value is -5.46. The van der Waals surface area contributed by atoms with E-state index in [1.807, 2.05) is 35.2 Å². The van der Waals surface area contributed by atoms with E-state index in [0.717, 1.165) is 49.3 Å². The van der Waals surface area contributed by atoms with Gasteiger partial charge in [-0.2, -0.15) is 0 Å². The molecule has 10 nitrogen and oxygen atoms in total. The third-order valence-electron chi connectivity index (χ3n) is 32.0. The Balaban J connectivity index is 0.000000234. The predicted molar refractivity (Wildman–Crippen MR) is 562 cm³/mol. The SMILES string of the molecule is C1CC[N+]2(CC1)CCCC2.CC(C)[N+]1(Cc2ccccc2)CC=CC1.Cc1ccc(C[N+]2(c3ccccc3)CCN(C(=O)c3ccccc3)CC2)cc1.F[P-](F)(F)(F)(F)F.F[P-](F)(F)(F)(F)F.[Br-].[Br-].[Br-].[Br-].[I-].c1ccc(C[N+]2(CCCC[N+]3(Cc4ccccc4)CCCCC3)CCCCC2)cc1.c1ccc([N+]2(CCCC[N+]3(c4ccccc4)CCCCC3)CCCCC2)cc1.c1ccc2c(c1)CC[N+]1(CCCCC1)C2. The molecule has 10 aliphatic rings. The molecule has 29 heteroatoms. The van der Waals surface area contributed by atoms with E-state index in [1.54, 1.807) is 22.5 Å². The van der Waals surface area contributed by atoms with Gasteiger partial charge in [-0.3, -0.25) is 18.2 Å². The quantitative estimate of drug-likeness (QED) is 0.0156. The minimum absolute atomic E-state index is 0. The van der Waals surface area contributed by atoms with Crippen molar-refractivity contribution < 1.29 is 169 Å². The second-order valence-corrected chi connectivity index (χ2v) is 46.8. The predicted octanol–water partition coefficient (Wildman–Crippen LogP) is 16.3. The van der Waals surface area contributed by atoms with Crippen molar-refractivity contribution in [3.63, 3.8) is 0 Å². The van der Waals surface area contributed by atoms with Gasteiger partial charge in [-0.05, 0) is 203 Å². The average molecular weight is 2440 g/mol. The number of aryl methyl sites for hydroxylation is 1. The van der Waals surface area contributed by atoms with Crippen LogP contribution in [0.4, 0.5) is 67.4 Å². The number of quaternary nitrogens is 8. The van der Waals surface area contributed by atoms with Crippen molar-refractivity contribution in [2.24, 2.45) is 0 Å². The normalized spacial score (nSPS) is 20.2. The smallest absolute Gasteiger partial charge is 0.132 e. The number of carbonyl (C=O) groups is 1. The van der Waals surface area contributed by atoms with E-state index in [4.69, 9.17) is 0 Å². The summed E-state index contributed by atoms with van der Waals surface area (Å²) in [4.78, 5) is 14.9. The Morgan fingerprint density at radius 2 is 0.579 bits per heavy atom. The fraction of sp³-hybridized carbons (Fsp3) is 0.509. The largest absolute Gasteiger partial charge is 1.00 e. The summed E-state index contributed by atoms with van der Waals surface area (Å²) in [5, 5.41) is 0. The van der Waals surface area contributed by atoms with Gasteiger partial charge in [-0.1, -0.05) is 218 Å². The van der Waals surface area contributed by atoms with E-state index >= 15 is 0 Å². The minimum atomic E-state index is -10.7. The van der Waals surface area contributed by atoms with Crippen LogP contribution >= 0.6 is 15.6 Å². The van der Waals surface area contributed by atoms with Gasteiger partial charge < -0.3 is 119 Å². The summed E-state index contributed by atoms with van der Waals surface area (Å²) in [6, 6.07) is 95.0. The summed E-state index contributed by atoms with van der Waals surface area (Å²) in [6.45, 7) is 45.0. The van der Waals surface area contributed by atoms with Crippen LogP contribution in [0, 0.1) is 6.92 Å². The number of para-hydroxylation sites is 3. The van der Waals surface area contributed by atoms with E-state index in [9.17, 15) is 55.2 Å². The number of piperidine rings is 6. The number of rotatable bonds is 23. The molecular weight excluding hydrogens is 2270 g/mol. The van der Waals surface area contributed by atoms with Crippen molar-refractivity contribution in [1.29, 1.82) is 0 Å². The van der Waals surface area contributed by atoms with Gasteiger partial charge in [0.15, 0.2) is 0 Å². The number of fused-ring (bicyclic) bond motifs is 1. The summed E-state index contributed by atoms with van der Waals surface area (Å²) in [7, 11) is -21.3. The van der Waals surface area contributed by atoms with Gasteiger partial charge in [0.1, 0.15) is 62.9 Å². The molecule has 8 saturated heterocycles. The molecule has 9 aromatic rings. The van der Waals surface area contributed by atoms with Gasteiger partial charge in [-0.25, -0.2) is 0 Å². The topological polar surface area (TPSA) is 20.3 Å². The van der Waals surface area contributed by atoms with Crippen molar-refractivity contribution in [2.75, 3.05) is 164 Å². The Bertz CT molecular complexity index is 4970. The monoisotopic (exact) mass is 2430 g/mol. The molecule has 9 aromatic carbocycles. The molecule has 0 aromatic heterocycles. The van der Waals surface area contributed by atoms with Crippen LogP contribution in [0.1, 0.15) is 217 Å². The van der Waals surface area contributed by atoms with Crippen molar-refractivity contribution in [3.8, 4) is 0 Å². The molecule has 0 aliphatic carbocycles. The van der Waals surface area contributed by atoms with E-state index in [-0.39, 0.29) is 97.8 Å². The van der Waals surface area contributed by atoms with Gasteiger partial charge >= 0.3 is 66.0 Å². The fourth-order valence-corrected chi connectivity index (χ4v) is 24.3. The fourth-order valence-electron chi connectivity index (χ4n) is 24.3. The van der Waals surface area contributed by atoms with Gasteiger partial charge in [0, 0.05) is 78.3 Å². The second kappa shape index (κ2) is 56.9. The molecule has 0 unspecified atom stereocenters. The van der Waals surface area contributed by atoms with Crippen LogP contribution in [0.15, 0.2) is 273 Å². The summed E-state index contributed by atoms with van der Waals surface area (Å²) in [5.74, 6) is 0.141. The number of benzene rings is 9. The van der Waals surface area contributed by atoms with E-state index in [0.29, 0.717) is 6.04 Å². The molecular formula is C116H165Br4F12IN9OP2+. The molecule has 19 rings (SSSR count). The second-order valence-electron chi connectivity index (χ2n) is 43.0. The maximum atomic E-state index is 12.9.